The van der Waals surface area contributed by atoms with Crippen molar-refractivity contribution in [1.82, 2.24) is 53.9 Å². The lowest BCUT2D eigenvalue weighted by molar-refractivity contribution is -0.141. The van der Waals surface area contributed by atoms with Crippen LogP contribution in [0, 0.1) is 12.3 Å². The van der Waals surface area contributed by atoms with Crippen molar-refractivity contribution in [1.29, 1.82) is 0 Å². The first-order chi connectivity index (χ1) is 30.0. The topological polar surface area (TPSA) is 217 Å². The molecule has 0 unspecified atom stereocenters. The fourth-order valence-corrected chi connectivity index (χ4v) is 8.73. The van der Waals surface area contributed by atoms with Crippen LogP contribution in [-0.4, -0.2) is 88.3 Å². The number of alkyl halides is 5. The molecule has 0 bridgehead atoms. The van der Waals surface area contributed by atoms with Gasteiger partial charge in [0, 0.05) is 60.3 Å². The minimum absolute atomic E-state index is 0.119. The number of hydrogen-bond acceptors (Lipinski definition) is 10. The van der Waals surface area contributed by atoms with Crippen molar-refractivity contribution in [2.75, 3.05) is 6.54 Å². The first kappa shape index (κ1) is 44.7. The van der Waals surface area contributed by atoms with Gasteiger partial charge in [0.15, 0.2) is 12.4 Å². The summed E-state index contributed by atoms with van der Waals surface area (Å²) in [5.74, 6) is -0.845. The highest BCUT2D eigenvalue weighted by molar-refractivity contribution is 7.46. The van der Waals surface area contributed by atoms with E-state index in [9.17, 15) is 40.9 Å². The molecule has 6 aromatic rings. The molecular weight excluding hydrogens is 896 g/mol. The van der Waals surface area contributed by atoms with Gasteiger partial charge in [0.2, 0.25) is 17.6 Å². The summed E-state index contributed by atoms with van der Waals surface area (Å²) in [6, 6.07) is 6.88. The van der Waals surface area contributed by atoms with E-state index in [1.54, 1.807) is 16.7 Å². The summed E-state index contributed by atoms with van der Waals surface area (Å²) in [7, 11) is -5.07. The molecule has 3 N–H and O–H groups in total. The highest BCUT2D eigenvalue weighted by Gasteiger charge is 2.65. The van der Waals surface area contributed by atoms with Gasteiger partial charge in [-0.15, -0.1) is 0 Å². The van der Waals surface area contributed by atoms with Gasteiger partial charge >= 0.3 is 20.5 Å². The normalized spacial score (nSPS) is 18.5. The van der Waals surface area contributed by atoms with Crippen molar-refractivity contribution in [3.05, 3.63) is 105 Å². The summed E-state index contributed by atoms with van der Waals surface area (Å²) < 4.78 is 88.4. The Kier molecular flexibility index (Phi) is 11.4. The monoisotopic (exact) mass is 933 g/mol. The number of aryl methyl sites for hydroxylation is 1. The van der Waals surface area contributed by atoms with E-state index in [1.165, 1.54) is 18.7 Å². The molecule has 1 saturated heterocycles. The molecule has 3 atom stereocenters. The number of carbonyl (C=O) groups excluding carboxylic acids is 2. The Bertz CT molecular complexity index is 2910. The fourth-order valence-electron chi connectivity index (χ4n) is 8.16. The van der Waals surface area contributed by atoms with Crippen LogP contribution in [0.4, 0.5) is 22.0 Å². The van der Waals surface area contributed by atoms with Gasteiger partial charge in [0.1, 0.15) is 11.7 Å². The van der Waals surface area contributed by atoms with Crippen LogP contribution in [0.15, 0.2) is 72.2 Å². The first-order valence-corrected chi connectivity index (χ1v) is 21.4. The van der Waals surface area contributed by atoms with E-state index in [-0.39, 0.29) is 41.7 Å². The molecule has 2 aliphatic rings. The summed E-state index contributed by atoms with van der Waals surface area (Å²) in [5.41, 5.74) is -1.79. The number of likely N-dealkylation sites (tertiary alicyclic amines) is 1. The zero-order valence-corrected chi connectivity index (χ0v) is 35.6. The van der Waals surface area contributed by atoms with Crippen LogP contribution in [0.25, 0.3) is 28.3 Å². The molecule has 338 valence electrons. The van der Waals surface area contributed by atoms with Gasteiger partial charge in [-0.3, -0.25) is 28.0 Å². The molecular formula is C39H38ClF5N11O7P. The summed E-state index contributed by atoms with van der Waals surface area (Å²) in [4.78, 5) is 69.6. The zero-order valence-electron chi connectivity index (χ0n) is 33.9. The van der Waals surface area contributed by atoms with E-state index in [0.29, 0.717) is 39.1 Å². The summed E-state index contributed by atoms with van der Waals surface area (Å²) >= 11 is 6.87. The molecule has 5 aromatic heterocycles. The van der Waals surface area contributed by atoms with Crippen molar-refractivity contribution in [3.63, 3.8) is 0 Å². The van der Waals surface area contributed by atoms with Crippen LogP contribution in [-0.2, 0) is 44.6 Å². The summed E-state index contributed by atoms with van der Waals surface area (Å²) in [6.07, 6.45) is 3.22. The van der Waals surface area contributed by atoms with Gasteiger partial charge in [-0.25, -0.2) is 23.9 Å². The molecule has 1 aliphatic heterocycles. The molecule has 1 saturated carbocycles. The third-order valence-electron chi connectivity index (χ3n) is 11.2. The second kappa shape index (κ2) is 16.3. The maximum Gasteiger partial charge on any atom is 0.471 e. The Morgan fingerprint density at radius 1 is 1.05 bits per heavy atom. The van der Waals surface area contributed by atoms with Crippen molar-refractivity contribution < 1.29 is 50.4 Å². The number of phosphoric ester groups is 1. The standard InChI is InChI=1S/C39H38ClF5N11O7P/c1-21-16-52-18-24(15-46-36(52)48-21)23-4-5-25(27(40)11-23)26-13-38(26)8-9-53(34(38)59)30(10-22-14-47-54(17-22)35(41)42)33(58)49-37(2,3)19-55-29(12-31(51-55)39(43,44)45)28-6-7-32(57)56(50-28)20-63-64(60,61)62/h4-7,11-12,14-18,26,30,35H,8-10,13,19-20H2,1-3H3,(H,49,58)(H2,60,61,62)/t26-,30-,38+/m1/s1. The van der Waals surface area contributed by atoms with E-state index in [0.717, 1.165) is 51.6 Å². The first-order valence-electron chi connectivity index (χ1n) is 19.5. The van der Waals surface area contributed by atoms with Crippen molar-refractivity contribution >= 4 is 37.0 Å². The number of carbonyl (C=O) groups is 2. The third-order valence-corrected chi connectivity index (χ3v) is 12.0. The van der Waals surface area contributed by atoms with Gasteiger partial charge < -0.3 is 20.0 Å². The van der Waals surface area contributed by atoms with Gasteiger partial charge in [0.25, 0.3) is 5.56 Å². The second-order valence-corrected chi connectivity index (χ2v) is 18.1. The van der Waals surface area contributed by atoms with Crippen LogP contribution < -0.4 is 10.9 Å². The number of amides is 2. The molecule has 2 amide bonds. The molecule has 1 aliphatic carbocycles. The molecule has 0 radical (unpaired) electrons. The van der Waals surface area contributed by atoms with E-state index < -0.39 is 68.0 Å². The fraction of sp³-hybridized carbons (Fsp3) is 0.385. The van der Waals surface area contributed by atoms with E-state index >= 15 is 0 Å². The highest BCUT2D eigenvalue weighted by atomic mass is 35.5. The van der Waals surface area contributed by atoms with Crippen LogP contribution in [0.3, 0.4) is 0 Å². The number of nitrogens with zero attached hydrogens (tertiary/aromatic N) is 10. The number of phosphoric acid groups is 1. The van der Waals surface area contributed by atoms with E-state index in [1.807, 2.05) is 31.5 Å². The van der Waals surface area contributed by atoms with E-state index in [4.69, 9.17) is 21.4 Å². The Balaban J connectivity index is 1.04. The maximum atomic E-state index is 14.5. The van der Waals surface area contributed by atoms with Gasteiger partial charge in [-0.2, -0.15) is 37.2 Å². The average Bonchev–Trinajstić information content (AvgIpc) is 3.62. The van der Waals surface area contributed by atoms with Crippen LogP contribution in [0.2, 0.25) is 5.02 Å². The average molecular weight is 934 g/mol. The number of halogens is 6. The molecule has 8 rings (SSSR count). The summed E-state index contributed by atoms with van der Waals surface area (Å²) in [6.45, 7) is 0.491. The van der Waals surface area contributed by atoms with Crippen molar-refractivity contribution in [2.24, 2.45) is 5.41 Å². The van der Waals surface area contributed by atoms with Crippen molar-refractivity contribution in [3.8, 4) is 22.5 Å². The van der Waals surface area contributed by atoms with Gasteiger partial charge in [0.05, 0.1) is 35.1 Å². The Morgan fingerprint density at radius 3 is 2.50 bits per heavy atom. The lowest BCUT2D eigenvalue weighted by Gasteiger charge is -2.33. The predicted octanol–water partition coefficient (Wildman–Crippen LogP) is 5.37. The van der Waals surface area contributed by atoms with Gasteiger partial charge in [-0.1, -0.05) is 23.7 Å². The quantitative estimate of drug-likeness (QED) is 0.0929. The van der Waals surface area contributed by atoms with Crippen molar-refractivity contribution in [2.45, 2.75) is 83.5 Å². The van der Waals surface area contributed by atoms with Crippen LogP contribution in [0.5, 0.6) is 0 Å². The Labute approximate surface area is 363 Å². The smallest absolute Gasteiger partial charge is 0.348 e. The number of aromatic nitrogens is 9. The van der Waals surface area contributed by atoms with E-state index in [2.05, 4.69) is 35.1 Å². The minimum atomic E-state index is -5.07. The Morgan fingerprint density at radius 2 is 1.81 bits per heavy atom. The summed E-state index contributed by atoms with van der Waals surface area (Å²) in [5, 5.41) is 14.5. The molecule has 1 spiro atoms. The largest absolute Gasteiger partial charge is 0.471 e. The third kappa shape index (κ3) is 9.07. The molecule has 1 aromatic carbocycles. The number of fused-ring (bicyclic) bond motifs is 1. The van der Waals surface area contributed by atoms with Gasteiger partial charge in [-0.05, 0) is 68.5 Å². The molecule has 6 heterocycles. The molecule has 18 nitrogen and oxygen atoms in total. The molecule has 64 heavy (non-hydrogen) atoms. The van der Waals surface area contributed by atoms with Crippen LogP contribution in [0.1, 0.15) is 61.7 Å². The SMILES string of the molecule is Cc1cn2cc(-c3ccc([C@H]4C[C@@]45CCN([C@H](Cc4cnn(C(F)F)c4)C(=O)NC(C)(C)Cn4nc(C(F)(F)F)cc4-c4ccc(=O)n(COP(=O)(O)O)n4)C5=O)c(Cl)c3)cnc2n1. The van der Waals surface area contributed by atoms with Crippen LogP contribution >= 0.6 is 19.4 Å². The zero-order chi connectivity index (χ0) is 46.1. The number of benzene rings is 1. The molecule has 25 heteroatoms. The maximum absolute atomic E-state index is 14.5. The number of hydrogen-bond donors (Lipinski definition) is 3. The minimum Gasteiger partial charge on any atom is -0.348 e. The lowest BCUT2D eigenvalue weighted by Crippen LogP contribution is -2.56. The highest BCUT2D eigenvalue weighted by Crippen LogP contribution is 2.66. The molecule has 2 fully saturated rings. The second-order valence-electron chi connectivity index (χ2n) is 16.4. The number of imidazole rings is 1. The Hall–Kier alpha value is -5.87. The number of rotatable bonds is 14. The predicted molar refractivity (Wildman–Crippen MR) is 215 cm³/mol. The lowest BCUT2D eigenvalue weighted by atomic mass is 9.96. The number of nitrogens with one attached hydrogen (secondary N) is 1.